The molecule has 68 heavy (non-hydrogen) atoms. The lowest BCUT2D eigenvalue weighted by molar-refractivity contribution is -0.258. The van der Waals surface area contributed by atoms with E-state index in [1.165, 1.54) is 7.11 Å². The number of carbonyl (C=O) groups excluding carboxylic acids is 4. The molecule has 19 nitrogen and oxygen atoms in total. The monoisotopic (exact) mass is 998 g/mol. The van der Waals surface area contributed by atoms with Crippen LogP contribution in [-0.2, 0) is 58.5 Å². The van der Waals surface area contributed by atoms with Gasteiger partial charge >= 0.3 is 24.0 Å². The van der Waals surface area contributed by atoms with Crippen molar-refractivity contribution in [2.75, 3.05) is 55.0 Å². The average molecular weight is 998 g/mol. The standard InChI is InChI=1S/C42H68N7O10P.C5H10O2.H3P/c1-12-33-42(7)37(49(40(52)59-42)19-14-13-18-45-46-43)29(5)48(10)25-26(2)23-41(6,54-11)34(58-39-36(60-53)31(47(8)9)20-27(3)55-39)22-32(28(4)38(51)57-33)56-35(50)21-30-16-15-17-44-24-30;1-4(2)5(6)7-3;/h15-17,24,26-29,31-34,36-37,39H,12-14,18-23,25H2,1-11H3;4H,1-3H3;1H3/t26-,27?,28-,29-,31?,32?,33-,34-,36?,37-,39+,41-,42-;;/m1../s1. The second-order valence-corrected chi connectivity index (χ2v) is 20.1. The minimum absolute atomic E-state index is 0. The molecule has 3 fully saturated rings. The third kappa shape index (κ3) is 16.3. The van der Waals surface area contributed by atoms with Gasteiger partial charge in [0.25, 0.3) is 0 Å². The Hall–Kier alpha value is -3.53. The zero-order chi connectivity index (χ0) is 50.2. The molecule has 3 saturated heterocycles. The Balaban J connectivity index is 0.00000183. The molecule has 0 spiro atoms. The van der Waals surface area contributed by atoms with Crippen molar-refractivity contribution in [1.29, 1.82) is 0 Å². The largest absolute Gasteiger partial charge is 0.469 e. The van der Waals surface area contributed by atoms with Crippen LogP contribution in [0.4, 0.5) is 4.79 Å². The van der Waals surface area contributed by atoms with Gasteiger partial charge in [0, 0.05) is 62.6 Å². The lowest BCUT2D eigenvalue weighted by Gasteiger charge is -2.46. The number of methoxy groups -OCH3 is 2. The number of pyridine rings is 1. The average Bonchev–Trinajstić information content (AvgIpc) is 3.54. The summed E-state index contributed by atoms with van der Waals surface area (Å²) in [4.78, 5) is 65.3. The maximum absolute atomic E-state index is 14.5. The molecule has 0 bridgehead atoms. The number of esters is 3. The lowest BCUT2D eigenvalue weighted by Crippen LogP contribution is -2.61. The Labute approximate surface area is 409 Å². The smallest absolute Gasteiger partial charge is 0.410 e. The van der Waals surface area contributed by atoms with Crippen LogP contribution in [0.1, 0.15) is 106 Å². The molecule has 14 atom stereocenters. The van der Waals surface area contributed by atoms with Gasteiger partial charge in [0.15, 0.2) is 20.4 Å². The molecule has 21 heteroatoms. The van der Waals surface area contributed by atoms with Crippen molar-refractivity contribution in [3.63, 3.8) is 0 Å². The molecule has 0 N–H and O–H groups in total. The molecule has 3 aliphatic heterocycles. The number of hydrogen-bond donors (Lipinski definition) is 0. The van der Waals surface area contributed by atoms with Gasteiger partial charge in [0.1, 0.15) is 17.9 Å². The number of ether oxygens (including phenoxy) is 7. The molecule has 0 aromatic carbocycles. The van der Waals surface area contributed by atoms with E-state index in [1.54, 1.807) is 57.3 Å². The van der Waals surface area contributed by atoms with Crippen LogP contribution in [0.2, 0.25) is 0 Å². The highest BCUT2D eigenvalue weighted by Gasteiger charge is 2.59. The van der Waals surface area contributed by atoms with Crippen molar-refractivity contribution < 1.29 is 56.9 Å². The fourth-order valence-corrected chi connectivity index (χ4v) is 10.3. The van der Waals surface area contributed by atoms with Gasteiger partial charge in [-0.3, -0.25) is 28.8 Å². The molecule has 5 unspecified atom stereocenters. The van der Waals surface area contributed by atoms with E-state index in [4.69, 9.17) is 34.0 Å². The van der Waals surface area contributed by atoms with Gasteiger partial charge in [-0.1, -0.05) is 38.9 Å². The molecule has 4 rings (SSSR count). The van der Waals surface area contributed by atoms with Gasteiger partial charge in [-0.15, -0.1) is 0 Å². The number of carbonyl (C=O) groups is 4. The first-order valence-corrected chi connectivity index (χ1v) is 24.4. The molecule has 4 heterocycles. The number of rotatable bonds is 15. The summed E-state index contributed by atoms with van der Waals surface area (Å²) < 4.78 is 55.9. The Morgan fingerprint density at radius 1 is 1.12 bits per heavy atom. The number of unbranched alkanes of at least 4 members (excludes halogenated alkanes) is 1. The van der Waals surface area contributed by atoms with Gasteiger partial charge in [-0.2, -0.15) is 9.90 Å². The topological polar surface area (TPSA) is 221 Å². The highest BCUT2D eigenvalue weighted by Crippen LogP contribution is 2.42. The van der Waals surface area contributed by atoms with E-state index in [-0.39, 0.29) is 67.2 Å². The summed E-state index contributed by atoms with van der Waals surface area (Å²) >= 11 is 0. The van der Waals surface area contributed by atoms with Crippen LogP contribution >= 0.6 is 18.4 Å². The third-order valence-corrected chi connectivity index (χ3v) is 14.3. The first-order valence-electron chi connectivity index (χ1n) is 23.5. The number of nitrogens with zero attached hydrogens (tertiary/aromatic N) is 7. The first kappa shape index (κ1) is 60.6. The summed E-state index contributed by atoms with van der Waals surface area (Å²) in [5.41, 5.74) is 6.59. The third-order valence-electron chi connectivity index (χ3n) is 13.5. The highest BCUT2D eigenvalue weighted by atomic mass is 31.1. The van der Waals surface area contributed by atoms with Crippen molar-refractivity contribution in [3.8, 4) is 0 Å². The molecule has 0 aliphatic carbocycles. The molecular formula is C47H81N7O12P2. The van der Waals surface area contributed by atoms with Crippen LogP contribution < -0.4 is 0 Å². The fourth-order valence-electron chi connectivity index (χ4n) is 9.54. The zero-order valence-electron chi connectivity index (χ0n) is 43.0. The van der Waals surface area contributed by atoms with E-state index in [0.29, 0.717) is 57.3 Å². The summed E-state index contributed by atoms with van der Waals surface area (Å²) in [5, 5.41) is 3.65. The van der Waals surface area contributed by atoms with Crippen LogP contribution in [0, 0.1) is 17.8 Å². The van der Waals surface area contributed by atoms with Crippen LogP contribution in [0.15, 0.2) is 29.6 Å². The van der Waals surface area contributed by atoms with E-state index in [9.17, 15) is 23.7 Å². The lowest BCUT2D eigenvalue weighted by atomic mass is 9.82. The van der Waals surface area contributed by atoms with Crippen molar-refractivity contribution in [3.05, 3.63) is 40.5 Å². The summed E-state index contributed by atoms with van der Waals surface area (Å²) in [6.07, 6.45) is 1.34. The Kier molecular flexibility index (Phi) is 25.3. The molecule has 0 radical (unpaired) electrons. The summed E-state index contributed by atoms with van der Waals surface area (Å²) in [7, 11) is 8.74. The number of fused-ring (bicyclic) bond motifs is 1. The number of hydrogen-bond acceptors (Lipinski definition) is 16. The zero-order valence-corrected chi connectivity index (χ0v) is 45.3. The minimum Gasteiger partial charge on any atom is -0.469 e. The van der Waals surface area contributed by atoms with Gasteiger partial charge in [-0.25, -0.2) is 4.79 Å². The van der Waals surface area contributed by atoms with Crippen molar-refractivity contribution in [1.82, 2.24) is 19.7 Å². The fraction of sp³-hybridized carbons (Fsp3) is 0.809. The van der Waals surface area contributed by atoms with Gasteiger partial charge in [0.05, 0.1) is 49.2 Å². The van der Waals surface area contributed by atoms with Gasteiger partial charge in [0.2, 0.25) is 0 Å². The Bertz CT molecular complexity index is 1820. The number of cyclic esters (lactones) is 1. The van der Waals surface area contributed by atoms with E-state index >= 15 is 0 Å². The molecule has 1 aromatic heterocycles. The van der Waals surface area contributed by atoms with Gasteiger partial charge in [-0.05, 0) is 111 Å². The SMILES string of the molecule is CC[C@H]1OC(=O)[C@H](C)C(OC(=O)Cc2cccnc2)C[C@@H](O[C@@H]2OC(C)CC(N(C)C)C2P=O)[C@](C)(OC)C[C@@H](C)CN(C)[C@H](C)[C@H]2N(CCCCN=[N+]=[N-])C(=O)O[C@]12C.COC(=O)C(C)C.P. The predicted octanol–water partition coefficient (Wildman–Crippen LogP) is 7.30. The van der Waals surface area contributed by atoms with Gasteiger partial charge < -0.3 is 43.0 Å². The quantitative estimate of drug-likeness (QED) is 0.0320. The molecule has 1 amide bonds. The number of likely N-dealkylation sites (N-methyl/N-ethyl adjacent to an activating group) is 1. The second-order valence-electron chi connectivity index (χ2n) is 19.3. The molecule has 1 aromatic rings. The highest BCUT2D eigenvalue weighted by molar-refractivity contribution is 7.25. The number of amides is 1. The maximum Gasteiger partial charge on any atom is 0.410 e. The normalized spacial score (nSPS) is 32.8. The van der Waals surface area contributed by atoms with E-state index in [0.717, 1.165) is 0 Å². The van der Waals surface area contributed by atoms with E-state index in [1.807, 2.05) is 60.7 Å². The Morgan fingerprint density at radius 2 is 1.81 bits per heavy atom. The van der Waals surface area contributed by atoms with Crippen molar-refractivity contribution in [2.45, 2.75) is 173 Å². The van der Waals surface area contributed by atoms with E-state index < -0.39 is 71.5 Å². The molecule has 3 aliphatic rings. The molecular weight excluding hydrogens is 917 g/mol. The molecule has 0 saturated carbocycles. The van der Waals surface area contributed by atoms with Crippen LogP contribution in [0.3, 0.4) is 0 Å². The molecule has 386 valence electrons. The van der Waals surface area contributed by atoms with Crippen LogP contribution in [0.5, 0.6) is 0 Å². The summed E-state index contributed by atoms with van der Waals surface area (Å²) in [6.45, 7) is 18.3. The number of azide groups is 1. The first-order chi connectivity index (χ1) is 31.6. The van der Waals surface area contributed by atoms with Crippen molar-refractivity contribution >= 4 is 42.4 Å². The predicted molar refractivity (Wildman–Crippen MR) is 262 cm³/mol. The minimum atomic E-state index is -1.26. The van der Waals surface area contributed by atoms with Crippen molar-refractivity contribution in [2.24, 2.45) is 22.9 Å². The summed E-state index contributed by atoms with van der Waals surface area (Å²) in [6, 6.07) is 2.59. The number of aromatic nitrogens is 1. The second kappa shape index (κ2) is 28.4. The van der Waals surface area contributed by atoms with Crippen LogP contribution in [-0.4, -0.2) is 164 Å². The Morgan fingerprint density at radius 3 is 2.35 bits per heavy atom. The summed E-state index contributed by atoms with van der Waals surface area (Å²) in [5.74, 6) is -2.39. The maximum atomic E-state index is 14.5. The van der Waals surface area contributed by atoms with Crippen LogP contribution in [0.25, 0.3) is 10.4 Å². The van der Waals surface area contributed by atoms with E-state index in [2.05, 4.69) is 31.6 Å².